The molecule has 4 aliphatic carbocycles. The van der Waals surface area contributed by atoms with Gasteiger partial charge in [0.1, 0.15) is 6.10 Å². The van der Waals surface area contributed by atoms with Gasteiger partial charge in [0.25, 0.3) is 0 Å². The van der Waals surface area contributed by atoms with E-state index in [2.05, 4.69) is 13.8 Å². The molecule has 0 aromatic carbocycles. The molecule has 2 nitrogen and oxygen atoms in total. The molecule has 0 aromatic heterocycles. The molecule has 0 unspecified atom stereocenters. The van der Waals surface area contributed by atoms with Crippen LogP contribution in [0.4, 0.5) is 0 Å². The standard InChI is InChI=1S/C21H34O2/c1-14(22)23-18-13-20(2)11-6-8-17(20)16-10-9-15-7-4-5-12-21(15,3)19(16)18/h15-19H,4-13H2,1-3H3/t15-,16+,17-,18-,19-,20+,21+/m1/s1. The largest absolute Gasteiger partial charge is 0.462 e. The van der Waals surface area contributed by atoms with Gasteiger partial charge >= 0.3 is 5.97 Å². The molecule has 4 saturated carbocycles. The van der Waals surface area contributed by atoms with Crippen molar-refractivity contribution < 1.29 is 9.53 Å². The van der Waals surface area contributed by atoms with Crippen LogP contribution in [0, 0.1) is 34.5 Å². The van der Waals surface area contributed by atoms with Gasteiger partial charge in [-0.15, -0.1) is 0 Å². The molecule has 0 N–H and O–H groups in total. The Morgan fingerprint density at radius 2 is 1.83 bits per heavy atom. The molecule has 2 heteroatoms. The normalized spacial score (nSPS) is 52.2. The average Bonchev–Trinajstić information content (AvgIpc) is 2.86. The van der Waals surface area contributed by atoms with Gasteiger partial charge in [0, 0.05) is 12.8 Å². The van der Waals surface area contributed by atoms with Crippen LogP contribution in [0.25, 0.3) is 0 Å². The van der Waals surface area contributed by atoms with Gasteiger partial charge in [0.15, 0.2) is 0 Å². The molecule has 4 fully saturated rings. The van der Waals surface area contributed by atoms with Crippen LogP contribution in [0.3, 0.4) is 0 Å². The van der Waals surface area contributed by atoms with Crippen molar-refractivity contribution in [3.05, 3.63) is 0 Å². The Hall–Kier alpha value is -0.530. The first-order valence-corrected chi connectivity index (χ1v) is 10.1. The molecule has 0 bridgehead atoms. The van der Waals surface area contributed by atoms with Gasteiger partial charge in [-0.05, 0) is 73.5 Å². The number of hydrogen-bond acceptors (Lipinski definition) is 2. The minimum Gasteiger partial charge on any atom is -0.462 e. The Morgan fingerprint density at radius 3 is 2.61 bits per heavy atom. The Labute approximate surface area is 141 Å². The predicted molar refractivity (Wildman–Crippen MR) is 91.9 cm³/mol. The van der Waals surface area contributed by atoms with Crippen molar-refractivity contribution >= 4 is 5.97 Å². The molecule has 0 amide bonds. The number of esters is 1. The molecule has 4 aliphatic rings. The molecule has 0 spiro atoms. The van der Waals surface area contributed by atoms with E-state index in [1.54, 1.807) is 6.92 Å². The second kappa shape index (κ2) is 5.49. The minimum atomic E-state index is -0.0599. The average molecular weight is 319 g/mol. The Balaban J connectivity index is 1.71. The molecule has 130 valence electrons. The summed E-state index contributed by atoms with van der Waals surface area (Å²) in [4.78, 5) is 11.8. The molecular weight excluding hydrogens is 284 g/mol. The second-order valence-electron chi connectivity index (χ2n) is 9.72. The van der Waals surface area contributed by atoms with E-state index in [9.17, 15) is 4.79 Å². The number of ether oxygens (including phenoxy) is 1. The highest BCUT2D eigenvalue weighted by Crippen LogP contribution is 2.66. The highest BCUT2D eigenvalue weighted by molar-refractivity contribution is 5.66. The maximum absolute atomic E-state index is 11.8. The third kappa shape index (κ3) is 2.38. The second-order valence-corrected chi connectivity index (χ2v) is 9.72. The summed E-state index contributed by atoms with van der Waals surface area (Å²) in [5, 5.41) is 0. The van der Waals surface area contributed by atoms with Crippen LogP contribution in [0.15, 0.2) is 0 Å². The van der Waals surface area contributed by atoms with Gasteiger partial charge in [-0.1, -0.05) is 33.1 Å². The summed E-state index contributed by atoms with van der Waals surface area (Å²) in [7, 11) is 0. The monoisotopic (exact) mass is 318 g/mol. The highest BCUT2D eigenvalue weighted by Gasteiger charge is 2.61. The predicted octanol–water partition coefficient (Wildman–Crippen LogP) is 5.35. The van der Waals surface area contributed by atoms with Crippen molar-refractivity contribution in [3.8, 4) is 0 Å². The van der Waals surface area contributed by atoms with Gasteiger partial charge in [-0.2, -0.15) is 0 Å². The number of carbonyl (C=O) groups excluding carboxylic acids is 1. The molecule has 7 atom stereocenters. The van der Waals surface area contributed by atoms with Crippen LogP contribution in [-0.2, 0) is 9.53 Å². The Morgan fingerprint density at radius 1 is 1.00 bits per heavy atom. The lowest BCUT2D eigenvalue weighted by Crippen LogP contribution is -2.58. The summed E-state index contributed by atoms with van der Waals surface area (Å²) in [6.45, 7) is 6.66. The van der Waals surface area contributed by atoms with Crippen LogP contribution in [0.1, 0.15) is 85.0 Å². The number of carbonyl (C=O) groups is 1. The lowest BCUT2D eigenvalue weighted by molar-refractivity contribution is -0.189. The van der Waals surface area contributed by atoms with Crippen molar-refractivity contribution in [1.82, 2.24) is 0 Å². The molecule has 0 aliphatic heterocycles. The fourth-order valence-corrected chi connectivity index (χ4v) is 7.72. The number of hydrogen-bond donors (Lipinski definition) is 0. The van der Waals surface area contributed by atoms with Crippen LogP contribution < -0.4 is 0 Å². The van der Waals surface area contributed by atoms with E-state index in [1.165, 1.54) is 57.8 Å². The Bertz CT molecular complexity index is 486. The Kier molecular flexibility index (Phi) is 3.81. The van der Waals surface area contributed by atoms with Gasteiger partial charge < -0.3 is 4.74 Å². The highest BCUT2D eigenvalue weighted by atomic mass is 16.5. The fourth-order valence-electron chi connectivity index (χ4n) is 7.72. The molecule has 0 aromatic rings. The summed E-state index contributed by atoms with van der Waals surface area (Å²) >= 11 is 0. The van der Waals surface area contributed by atoms with E-state index < -0.39 is 0 Å². The number of rotatable bonds is 1. The summed E-state index contributed by atoms with van der Waals surface area (Å²) in [6.07, 6.45) is 13.8. The SMILES string of the molecule is CC(=O)O[C@@H]1C[C@]2(C)CCC[C@@H]2[C@@H]2CC[C@H]3CCCC[C@]3(C)[C@H]21. The topological polar surface area (TPSA) is 26.3 Å². The quantitative estimate of drug-likeness (QED) is 0.609. The van der Waals surface area contributed by atoms with Gasteiger partial charge in [0.05, 0.1) is 0 Å². The summed E-state index contributed by atoms with van der Waals surface area (Å²) < 4.78 is 6.01. The van der Waals surface area contributed by atoms with Crippen molar-refractivity contribution in [1.29, 1.82) is 0 Å². The third-order valence-electron chi connectivity index (χ3n) is 8.58. The van der Waals surface area contributed by atoms with E-state index in [0.717, 1.165) is 24.2 Å². The first-order chi connectivity index (χ1) is 10.9. The van der Waals surface area contributed by atoms with Crippen LogP contribution in [0.5, 0.6) is 0 Å². The smallest absolute Gasteiger partial charge is 0.302 e. The van der Waals surface area contributed by atoms with Crippen molar-refractivity contribution in [2.75, 3.05) is 0 Å². The first-order valence-electron chi connectivity index (χ1n) is 10.1. The zero-order valence-corrected chi connectivity index (χ0v) is 15.3. The van der Waals surface area contributed by atoms with Gasteiger partial charge in [-0.3, -0.25) is 4.79 Å². The van der Waals surface area contributed by atoms with Crippen molar-refractivity contribution in [2.24, 2.45) is 34.5 Å². The molecule has 4 rings (SSSR count). The van der Waals surface area contributed by atoms with Crippen LogP contribution in [0.2, 0.25) is 0 Å². The number of fused-ring (bicyclic) bond motifs is 5. The summed E-state index contributed by atoms with van der Waals surface area (Å²) in [5.74, 6) is 3.14. The van der Waals surface area contributed by atoms with E-state index in [0.29, 0.717) is 16.7 Å². The van der Waals surface area contributed by atoms with E-state index in [4.69, 9.17) is 4.74 Å². The molecule has 23 heavy (non-hydrogen) atoms. The first kappa shape index (κ1) is 16.0. The van der Waals surface area contributed by atoms with E-state index in [1.807, 2.05) is 0 Å². The molecule has 0 radical (unpaired) electrons. The summed E-state index contributed by atoms with van der Waals surface area (Å²) in [5.41, 5.74) is 0.852. The maximum Gasteiger partial charge on any atom is 0.302 e. The fraction of sp³-hybridized carbons (Fsp3) is 0.952. The minimum absolute atomic E-state index is 0.0599. The lowest BCUT2D eigenvalue weighted by atomic mass is 9.44. The van der Waals surface area contributed by atoms with Gasteiger partial charge in [-0.25, -0.2) is 0 Å². The van der Waals surface area contributed by atoms with E-state index in [-0.39, 0.29) is 12.1 Å². The van der Waals surface area contributed by atoms with Crippen LogP contribution >= 0.6 is 0 Å². The zero-order chi connectivity index (χ0) is 16.2. The van der Waals surface area contributed by atoms with Crippen molar-refractivity contribution in [2.45, 2.75) is 91.1 Å². The van der Waals surface area contributed by atoms with E-state index >= 15 is 0 Å². The van der Waals surface area contributed by atoms with Crippen LogP contribution in [-0.4, -0.2) is 12.1 Å². The molecule has 0 heterocycles. The summed E-state index contributed by atoms with van der Waals surface area (Å²) in [6, 6.07) is 0. The zero-order valence-electron chi connectivity index (χ0n) is 15.3. The molecule has 0 saturated heterocycles. The molecular formula is C21H34O2. The maximum atomic E-state index is 11.8. The lowest BCUT2D eigenvalue weighted by Gasteiger charge is -2.61. The van der Waals surface area contributed by atoms with Crippen molar-refractivity contribution in [3.63, 3.8) is 0 Å². The third-order valence-corrected chi connectivity index (χ3v) is 8.58. The van der Waals surface area contributed by atoms with Gasteiger partial charge in [0.2, 0.25) is 0 Å².